The van der Waals surface area contributed by atoms with E-state index in [9.17, 15) is 0 Å². The van der Waals surface area contributed by atoms with Crippen molar-refractivity contribution in [3.05, 3.63) is 442 Å². The third kappa shape index (κ3) is 14.4. The molecule has 6 nitrogen and oxygen atoms in total. The van der Waals surface area contributed by atoms with Crippen LogP contribution in [0.3, 0.4) is 0 Å². The van der Waals surface area contributed by atoms with Crippen LogP contribution in [-0.4, -0.2) is 0 Å². The summed E-state index contributed by atoms with van der Waals surface area (Å²) in [5.74, 6) is 0. The van der Waals surface area contributed by atoms with Crippen molar-refractivity contribution in [2.24, 2.45) is 0 Å². The summed E-state index contributed by atoms with van der Waals surface area (Å²) in [5, 5.41) is 8.32. The molecule has 0 radical (unpaired) electrons. The second-order valence-corrected chi connectivity index (χ2v) is 25.9. The summed E-state index contributed by atoms with van der Waals surface area (Å²) in [6, 6.07) is 155. The first-order valence-electron chi connectivity index (χ1n) is 35.7. The molecule has 0 aliphatic heterocycles. The maximum absolute atomic E-state index is 3.43. The van der Waals surface area contributed by atoms with Crippen molar-refractivity contribution in [1.29, 1.82) is 0 Å². The number of hydrogen-bond acceptors (Lipinski definition) is 6. The van der Waals surface area contributed by atoms with Crippen molar-refractivity contribution in [2.45, 2.75) is 6.92 Å². The second kappa shape index (κ2) is 30.9. The lowest BCUT2D eigenvalue weighted by atomic mass is 9.85. The molecule has 502 valence electrons. The molecule has 0 heterocycles. The van der Waals surface area contributed by atoms with E-state index < -0.39 is 0 Å². The van der Waals surface area contributed by atoms with Gasteiger partial charge < -0.3 is 29.8 Å². The lowest BCUT2D eigenvalue weighted by Crippen LogP contribution is -2.12. The summed E-state index contributed by atoms with van der Waals surface area (Å²) in [6.45, 7) is 2.20. The number of hydrogen-bond donors (Lipinski definition) is 1. The predicted octanol–water partition coefficient (Wildman–Crippen LogP) is 28.4. The first-order valence-corrected chi connectivity index (χ1v) is 35.7. The molecule has 105 heavy (non-hydrogen) atoms. The Morgan fingerprint density at radius 3 is 0.619 bits per heavy atom. The topological polar surface area (TPSA) is 28.2 Å². The Balaban J connectivity index is 0.000000273. The molecule has 0 aliphatic rings. The Morgan fingerprint density at radius 2 is 0.352 bits per heavy atom. The molecule has 0 aliphatic carbocycles. The molecule has 0 atom stereocenters. The average Bonchev–Trinajstić information content (AvgIpc) is 0.731. The summed E-state index contributed by atoms with van der Waals surface area (Å²) < 4.78 is 0. The largest absolute Gasteiger partial charge is 0.356 e. The van der Waals surface area contributed by atoms with Gasteiger partial charge in [0, 0.05) is 96.7 Å². The van der Waals surface area contributed by atoms with Crippen LogP contribution in [0.1, 0.15) is 5.56 Å². The standard InChI is InChI=1S/C75H56N4.C24H20N2/c1-55-36-53-72-73(54-55)75(57-39-43-65(44-40-57)79(63-32-18-7-19-33-63)69-51-47-67(48-52-69)77(60-26-12-4-13-27-60)61-28-14-5-15-29-61)71-35-21-20-34-70(71)74(72)56-37-41-64(42-38-56)78(62-30-16-6-17-31-62)68-49-45-66(46-50-68)76(58-22-8-2-9-23-58)59-24-10-3-11-25-59;1-4-10-20(11-5-1)25-21-16-18-24(19-17-21)26(22-12-6-2-7-13-22)23-14-8-3-9-15-23/h2-54H,1H3;1-19,25H. The second-order valence-electron chi connectivity index (χ2n) is 25.9. The highest BCUT2D eigenvalue weighted by Gasteiger charge is 2.22. The van der Waals surface area contributed by atoms with Gasteiger partial charge in [-0.2, -0.15) is 0 Å². The van der Waals surface area contributed by atoms with Gasteiger partial charge >= 0.3 is 0 Å². The maximum Gasteiger partial charge on any atom is 0.0463 e. The summed E-state index contributed by atoms with van der Waals surface area (Å²) in [5.41, 5.74) is 24.7. The van der Waals surface area contributed by atoms with E-state index in [0.29, 0.717) is 0 Å². The molecule has 17 rings (SSSR count). The van der Waals surface area contributed by atoms with E-state index in [1.54, 1.807) is 0 Å². The van der Waals surface area contributed by atoms with Crippen LogP contribution < -0.4 is 29.8 Å². The normalized spacial score (nSPS) is 10.9. The zero-order valence-electron chi connectivity index (χ0n) is 58.3. The SMILES string of the molecule is Cc1ccc2c(-c3ccc(N(c4ccccc4)c4ccc(N(c5ccccc5)c5ccccc5)cc4)cc3)c3ccccc3c(-c3ccc(N(c4ccccc4)c4ccc(N(c5ccccc5)c5ccccc5)cc4)cc3)c2c1.c1ccc(Nc2ccc(N(c3ccccc3)c3ccccc3)cc2)cc1. The molecule has 1 N–H and O–H groups in total. The molecule has 0 unspecified atom stereocenters. The molecular formula is C99H76N6. The van der Waals surface area contributed by atoms with E-state index in [4.69, 9.17) is 0 Å². The molecule has 17 aromatic carbocycles. The fourth-order valence-electron chi connectivity index (χ4n) is 14.2. The monoisotopic (exact) mass is 1350 g/mol. The zero-order valence-corrected chi connectivity index (χ0v) is 58.3. The fourth-order valence-corrected chi connectivity index (χ4v) is 14.2. The third-order valence-electron chi connectivity index (χ3n) is 19.0. The van der Waals surface area contributed by atoms with Crippen LogP contribution in [0.4, 0.5) is 96.7 Å². The van der Waals surface area contributed by atoms with Crippen LogP contribution in [0.2, 0.25) is 0 Å². The lowest BCUT2D eigenvalue weighted by Gasteiger charge is -2.28. The summed E-state index contributed by atoms with van der Waals surface area (Å²) in [7, 11) is 0. The van der Waals surface area contributed by atoms with Crippen molar-refractivity contribution in [1.82, 2.24) is 0 Å². The summed E-state index contributed by atoms with van der Waals surface area (Å²) in [6.07, 6.45) is 0. The Kier molecular flexibility index (Phi) is 19.3. The van der Waals surface area contributed by atoms with Crippen LogP contribution in [0.25, 0.3) is 43.8 Å². The van der Waals surface area contributed by atoms with E-state index in [-0.39, 0.29) is 0 Å². The van der Waals surface area contributed by atoms with Crippen molar-refractivity contribution in [3.8, 4) is 22.3 Å². The van der Waals surface area contributed by atoms with E-state index in [0.717, 1.165) is 96.7 Å². The number of benzene rings is 17. The van der Waals surface area contributed by atoms with E-state index in [2.05, 4.69) is 443 Å². The maximum atomic E-state index is 3.43. The van der Waals surface area contributed by atoms with Gasteiger partial charge in [0.25, 0.3) is 0 Å². The van der Waals surface area contributed by atoms with Gasteiger partial charge in [0.1, 0.15) is 0 Å². The van der Waals surface area contributed by atoms with Gasteiger partial charge in [-0.3, -0.25) is 0 Å². The number of para-hydroxylation sites is 9. The summed E-state index contributed by atoms with van der Waals surface area (Å²) >= 11 is 0. The van der Waals surface area contributed by atoms with Crippen molar-refractivity contribution >= 4 is 118 Å². The summed E-state index contributed by atoms with van der Waals surface area (Å²) in [4.78, 5) is 11.5. The molecule has 0 saturated heterocycles. The van der Waals surface area contributed by atoms with Crippen LogP contribution in [0.5, 0.6) is 0 Å². The van der Waals surface area contributed by atoms with Crippen LogP contribution in [0, 0.1) is 6.92 Å². The highest BCUT2D eigenvalue weighted by Crippen LogP contribution is 2.48. The minimum absolute atomic E-state index is 1.07. The molecule has 0 bridgehead atoms. The Labute approximate surface area is 615 Å². The van der Waals surface area contributed by atoms with Crippen molar-refractivity contribution in [3.63, 3.8) is 0 Å². The van der Waals surface area contributed by atoms with Gasteiger partial charge in [0.15, 0.2) is 0 Å². The molecule has 17 aromatic rings. The number of anilines is 17. The van der Waals surface area contributed by atoms with Gasteiger partial charge in [-0.15, -0.1) is 0 Å². The van der Waals surface area contributed by atoms with E-state index in [1.165, 1.54) is 49.4 Å². The number of fused-ring (bicyclic) bond motifs is 2. The molecule has 0 fully saturated rings. The van der Waals surface area contributed by atoms with Crippen LogP contribution in [-0.2, 0) is 0 Å². The smallest absolute Gasteiger partial charge is 0.0463 e. The van der Waals surface area contributed by atoms with Gasteiger partial charge in [0.2, 0.25) is 0 Å². The Bertz CT molecular complexity index is 5510. The van der Waals surface area contributed by atoms with Crippen LogP contribution >= 0.6 is 0 Å². The lowest BCUT2D eigenvalue weighted by molar-refractivity contribution is 1.26. The number of aryl methyl sites for hydroxylation is 1. The fraction of sp³-hybridized carbons (Fsp3) is 0.0101. The van der Waals surface area contributed by atoms with Crippen molar-refractivity contribution < 1.29 is 0 Å². The number of nitrogens with one attached hydrogen (secondary N) is 1. The first-order chi connectivity index (χ1) is 52.0. The van der Waals surface area contributed by atoms with Gasteiger partial charge in [0.05, 0.1) is 0 Å². The molecular weight excluding hydrogens is 1270 g/mol. The molecule has 0 amide bonds. The van der Waals surface area contributed by atoms with E-state index >= 15 is 0 Å². The Morgan fingerprint density at radius 1 is 0.162 bits per heavy atom. The van der Waals surface area contributed by atoms with Crippen molar-refractivity contribution in [2.75, 3.05) is 29.8 Å². The minimum Gasteiger partial charge on any atom is -0.356 e. The van der Waals surface area contributed by atoms with Crippen LogP contribution in [0.15, 0.2) is 437 Å². The third-order valence-corrected chi connectivity index (χ3v) is 19.0. The highest BCUT2D eigenvalue weighted by atomic mass is 15.2. The first kappa shape index (κ1) is 65.7. The average molecular weight is 1350 g/mol. The van der Waals surface area contributed by atoms with Gasteiger partial charge in [-0.25, -0.2) is 0 Å². The predicted molar refractivity (Wildman–Crippen MR) is 447 cm³/mol. The molecule has 0 aromatic heterocycles. The van der Waals surface area contributed by atoms with Gasteiger partial charge in [-0.1, -0.05) is 236 Å². The van der Waals surface area contributed by atoms with E-state index in [1.807, 2.05) is 30.3 Å². The highest BCUT2D eigenvalue weighted by molar-refractivity contribution is 6.21. The molecule has 0 spiro atoms. The number of nitrogens with zero attached hydrogens (tertiary/aromatic N) is 5. The number of rotatable bonds is 19. The zero-order chi connectivity index (χ0) is 70.5. The molecule has 0 saturated carbocycles. The quantitative estimate of drug-likeness (QED) is 0.0812. The van der Waals surface area contributed by atoms with Gasteiger partial charge in [-0.05, 0) is 257 Å². The minimum atomic E-state index is 1.07. The Hall–Kier alpha value is -13.9. The molecule has 6 heteroatoms.